The summed E-state index contributed by atoms with van der Waals surface area (Å²) in [6.07, 6.45) is 7.33. The fraction of sp³-hybridized carbons (Fsp3) is 0.423. The maximum absolute atomic E-state index is 12.4. The summed E-state index contributed by atoms with van der Waals surface area (Å²) in [6.45, 7) is 0.610. The molecule has 2 aromatic heterocycles. The summed E-state index contributed by atoms with van der Waals surface area (Å²) >= 11 is 23.4. The number of furan rings is 1. The Bertz CT molecular complexity index is 1160. The van der Waals surface area contributed by atoms with Crippen LogP contribution >= 0.6 is 46.4 Å². The highest BCUT2D eigenvalue weighted by atomic mass is 35.5. The van der Waals surface area contributed by atoms with Crippen molar-refractivity contribution in [1.82, 2.24) is 25.7 Å². The zero-order chi connectivity index (χ0) is 27.7. The van der Waals surface area contributed by atoms with Crippen molar-refractivity contribution < 1.29 is 14.0 Å². The summed E-state index contributed by atoms with van der Waals surface area (Å²) in [5.41, 5.74) is 1.11. The number of aromatic nitrogens is 2. The molecule has 3 aromatic rings. The molecule has 206 valence electrons. The molecule has 2 fully saturated rings. The SMILES string of the molecule is CNC1CC1.Clc1ccccc1Cl.Cn1ncc(Cl)c1-c1cc(C(=O)NC2CCC(CC=O)NC2)oc1Cl. The summed E-state index contributed by atoms with van der Waals surface area (Å²) in [5, 5.41) is 15.1. The molecule has 3 N–H and O–H groups in total. The molecule has 2 atom stereocenters. The number of amides is 1. The molecular weight excluding hydrogens is 572 g/mol. The number of nitrogens with one attached hydrogen (secondary N) is 3. The second-order valence-electron chi connectivity index (χ2n) is 9.00. The zero-order valence-electron chi connectivity index (χ0n) is 21.1. The standard InChI is InChI=1S/C16H18Cl2N4O3.C6H4Cl2.C4H9N/c1-22-14(12(17)8-20-22)11-6-13(25-15(11)18)16(24)21-10-3-2-9(4-5-23)19-7-10;7-5-3-1-2-4-6(5)8;1-5-4-2-3-4/h5-6,8-10,19H,2-4,7H2,1H3,(H,21,24);1-4H;4-5H,2-3H2,1H3. The number of halogens is 4. The van der Waals surface area contributed by atoms with Gasteiger partial charge in [-0.3, -0.25) is 9.48 Å². The minimum Gasteiger partial charge on any atom is -0.439 e. The number of nitrogens with zero attached hydrogens (tertiary/aromatic N) is 2. The van der Waals surface area contributed by atoms with Crippen LogP contribution in [0, 0.1) is 0 Å². The highest BCUT2D eigenvalue weighted by Gasteiger charge is 2.25. The van der Waals surface area contributed by atoms with E-state index in [1.165, 1.54) is 19.0 Å². The first-order valence-corrected chi connectivity index (χ1v) is 13.8. The second kappa shape index (κ2) is 14.9. The van der Waals surface area contributed by atoms with Gasteiger partial charge in [-0.2, -0.15) is 5.10 Å². The average molecular weight is 603 g/mol. The number of carbonyl (C=O) groups is 2. The van der Waals surface area contributed by atoms with E-state index in [9.17, 15) is 9.59 Å². The summed E-state index contributed by atoms with van der Waals surface area (Å²) in [6, 6.07) is 9.79. The van der Waals surface area contributed by atoms with Crippen molar-refractivity contribution in [2.75, 3.05) is 13.6 Å². The molecule has 1 aliphatic heterocycles. The number of carbonyl (C=O) groups excluding carboxylic acids is 2. The van der Waals surface area contributed by atoms with Gasteiger partial charge in [0.2, 0.25) is 5.22 Å². The van der Waals surface area contributed by atoms with Crippen LogP contribution in [0.4, 0.5) is 0 Å². The molecule has 2 aliphatic rings. The molecule has 1 aliphatic carbocycles. The smallest absolute Gasteiger partial charge is 0.287 e. The number of aldehydes is 1. The minimum atomic E-state index is -0.341. The molecule has 1 saturated heterocycles. The monoisotopic (exact) mass is 601 g/mol. The van der Waals surface area contributed by atoms with Gasteiger partial charge in [0.15, 0.2) is 5.76 Å². The Morgan fingerprint density at radius 3 is 2.21 bits per heavy atom. The number of hydrogen-bond donors (Lipinski definition) is 3. The van der Waals surface area contributed by atoms with Crippen molar-refractivity contribution in [2.45, 2.75) is 50.2 Å². The van der Waals surface area contributed by atoms with E-state index in [-0.39, 0.29) is 29.0 Å². The molecule has 1 amide bonds. The van der Waals surface area contributed by atoms with Crippen molar-refractivity contribution in [3.05, 3.63) is 62.6 Å². The van der Waals surface area contributed by atoms with Crippen LogP contribution in [-0.2, 0) is 11.8 Å². The van der Waals surface area contributed by atoms with E-state index in [2.05, 4.69) is 21.0 Å². The average Bonchev–Trinajstić information content (AvgIpc) is 3.60. The van der Waals surface area contributed by atoms with Crippen LogP contribution in [-0.4, -0.2) is 53.7 Å². The van der Waals surface area contributed by atoms with Crippen molar-refractivity contribution in [2.24, 2.45) is 7.05 Å². The molecule has 8 nitrogen and oxygen atoms in total. The van der Waals surface area contributed by atoms with E-state index in [4.69, 9.17) is 50.8 Å². The fourth-order valence-corrected chi connectivity index (χ4v) is 4.55. The molecule has 38 heavy (non-hydrogen) atoms. The fourth-order valence-electron chi connectivity index (χ4n) is 3.78. The van der Waals surface area contributed by atoms with E-state index in [1.54, 1.807) is 29.9 Å². The van der Waals surface area contributed by atoms with E-state index >= 15 is 0 Å². The minimum absolute atomic E-state index is 0.0250. The second-order valence-corrected chi connectivity index (χ2v) is 10.6. The lowest BCUT2D eigenvalue weighted by molar-refractivity contribution is -0.108. The van der Waals surface area contributed by atoms with Crippen molar-refractivity contribution in [3.8, 4) is 11.3 Å². The molecule has 12 heteroatoms. The third-order valence-electron chi connectivity index (χ3n) is 6.10. The zero-order valence-corrected chi connectivity index (χ0v) is 24.2. The Balaban J connectivity index is 0.000000250. The number of piperidine rings is 1. The Hall–Kier alpha value is -2.07. The molecule has 5 rings (SSSR count). The van der Waals surface area contributed by atoms with Crippen LogP contribution in [0.5, 0.6) is 0 Å². The maximum Gasteiger partial charge on any atom is 0.287 e. The summed E-state index contributed by atoms with van der Waals surface area (Å²) in [4.78, 5) is 23.0. The molecule has 3 heterocycles. The largest absolute Gasteiger partial charge is 0.439 e. The van der Waals surface area contributed by atoms with Crippen molar-refractivity contribution >= 4 is 58.6 Å². The van der Waals surface area contributed by atoms with E-state index < -0.39 is 0 Å². The lowest BCUT2D eigenvalue weighted by atomic mass is 9.99. The molecule has 1 aromatic carbocycles. The first-order valence-electron chi connectivity index (χ1n) is 12.3. The van der Waals surface area contributed by atoms with Gasteiger partial charge in [-0.05, 0) is 56.5 Å². The van der Waals surface area contributed by atoms with Crippen LogP contribution in [0.1, 0.15) is 42.7 Å². The lowest BCUT2D eigenvalue weighted by Gasteiger charge is -2.29. The molecule has 0 radical (unpaired) electrons. The highest BCUT2D eigenvalue weighted by molar-refractivity contribution is 6.41. The molecule has 2 unspecified atom stereocenters. The third-order valence-corrected chi connectivity index (χ3v) is 7.42. The van der Waals surface area contributed by atoms with Gasteiger partial charge >= 0.3 is 0 Å². The Morgan fingerprint density at radius 2 is 1.76 bits per heavy atom. The van der Waals surface area contributed by atoms with E-state index in [1.807, 2.05) is 19.2 Å². The van der Waals surface area contributed by atoms with E-state index in [0.717, 1.165) is 25.2 Å². The molecule has 0 bridgehead atoms. The first-order chi connectivity index (χ1) is 18.2. The van der Waals surface area contributed by atoms with Crippen LogP contribution in [0.2, 0.25) is 20.3 Å². The van der Waals surface area contributed by atoms with E-state index in [0.29, 0.717) is 39.3 Å². The molecule has 0 spiro atoms. The number of aryl methyl sites for hydroxylation is 1. The Kier molecular flexibility index (Phi) is 12.0. The Morgan fingerprint density at radius 1 is 1.11 bits per heavy atom. The van der Waals surface area contributed by atoms with Crippen LogP contribution in [0.3, 0.4) is 0 Å². The predicted octanol–water partition coefficient (Wildman–Crippen LogP) is 5.79. The van der Waals surface area contributed by atoms with Gasteiger partial charge in [-0.1, -0.05) is 46.9 Å². The predicted molar refractivity (Wildman–Crippen MR) is 152 cm³/mol. The van der Waals surface area contributed by atoms with Gasteiger partial charge in [0.1, 0.15) is 6.29 Å². The summed E-state index contributed by atoms with van der Waals surface area (Å²) in [5.74, 6) is -0.223. The summed E-state index contributed by atoms with van der Waals surface area (Å²) in [7, 11) is 3.74. The van der Waals surface area contributed by atoms with Gasteiger partial charge in [0, 0.05) is 44.2 Å². The highest BCUT2D eigenvalue weighted by Crippen LogP contribution is 2.35. The van der Waals surface area contributed by atoms with Crippen LogP contribution in [0.15, 0.2) is 40.9 Å². The van der Waals surface area contributed by atoms with Gasteiger partial charge in [-0.25, -0.2) is 0 Å². The first kappa shape index (κ1) is 30.5. The Labute approximate surface area is 242 Å². The quantitative estimate of drug-likeness (QED) is 0.309. The van der Waals surface area contributed by atoms with Gasteiger partial charge in [0.05, 0.1) is 32.5 Å². The van der Waals surface area contributed by atoms with Crippen molar-refractivity contribution in [3.63, 3.8) is 0 Å². The summed E-state index contributed by atoms with van der Waals surface area (Å²) < 4.78 is 6.97. The van der Waals surface area contributed by atoms with Crippen LogP contribution in [0.25, 0.3) is 11.3 Å². The van der Waals surface area contributed by atoms with Crippen LogP contribution < -0.4 is 16.0 Å². The maximum atomic E-state index is 12.4. The lowest BCUT2D eigenvalue weighted by Crippen LogP contribution is -2.49. The normalized spacial score (nSPS) is 18.5. The van der Waals surface area contributed by atoms with Gasteiger partial charge in [0.25, 0.3) is 5.91 Å². The van der Waals surface area contributed by atoms with Crippen molar-refractivity contribution in [1.29, 1.82) is 0 Å². The topological polar surface area (TPSA) is 101 Å². The number of benzene rings is 1. The third kappa shape index (κ3) is 9.00. The van der Waals surface area contributed by atoms with Gasteiger partial charge < -0.3 is 25.2 Å². The molecular formula is C26H31Cl4N5O3. The number of hydrogen-bond acceptors (Lipinski definition) is 6. The number of rotatable bonds is 6. The van der Waals surface area contributed by atoms with Gasteiger partial charge in [-0.15, -0.1) is 0 Å². The molecule has 1 saturated carbocycles.